The number of nitrogens with zero attached hydrogens (tertiary/aromatic N) is 6. The van der Waals surface area contributed by atoms with Crippen LogP contribution in [-0.4, -0.2) is 56.5 Å². The zero-order valence-corrected chi connectivity index (χ0v) is 16.0. The maximum Gasteiger partial charge on any atom is 0.223 e. The van der Waals surface area contributed by atoms with Crippen LogP contribution in [0.1, 0.15) is 17.8 Å². The van der Waals surface area contributed by atoms with Crippen LogP contribution in [0.3, 0.4) is 0 Å². The van der Waals surface area contributed by atoms with Crippen LogP contribution in [0.15, 0.2) is 55.1 Å². The van der Waals surface area contributed by atoms with Crippen LogP contribution in [0.4, 0.5) is 5.82 Å². The summed E-state index contributed by atoms with van der Waals surface area (Å²) in [4.78, 5) is 29.9. The number of amides is 1. The summed E-state index contributed by atoms with van der Waals surface area (Å²) in [6.07, 6.45) is 6.68. The van der Waals surface area contributed by atoms with E-state index in [-0.39, 0.29) is 5.91 Å². The highest BCUT2D eigenvalue weighted by Crippen LogP contribution is 2.18. The lowest BCUT2D eigenvalue weighted by Gasteiger charge is -2.35. The number of carbonyl (C=O) groups excluding carboxylic acids is 1. The molecular formula is C21H24N6O. The normalized spacial score (nSPS) is 14.3. The van der Waals surface area contributed by atoms with Crippen molar-refractivity contribution < 1.29 is 4.79 Å². The van der Waals surface area contributed by atoms with Gasteiger partial charge in [0.25, 0.3) is 0 Å². The van der Waals surface area contributed by atoms with Crippen molar-refractivity contribution in [3.8, 4) is 5.82 Å². The summed E-state index contributed by atoms with van der Waals surface area (Å²) in [6, 6.07) is 12.1. The lowest BCUT2D eigenvalue weighted by Crippen LogP contribution is -2.49. The summed E-state index contributed by atoms with van der Waals surface area (Å²) in [7, 11) is 0. The highest BCUT2D eigenvalue weighted by molar-refractivity contribution is 5.76. The maximum absolute atomic E-state index is 12.5. The van der Waals surface area contributed by atoms with Gasteiger partial charge >= 0.3 is 0 Å². The van der Waals surface area contributed by atoms with Crippen LogP contribution in [-0.2, 0) is 11.2 Å². The van der Waals surface area contributed by atoms with E-state index in [1.165, 1.54) is 5.56 Å². The lowest BCUT2D eigenvalue weighted by atomic mass is 10.1. The number of aryl methyl sites for hydroxylation is 2. The van der Waals surface area contributed by atoms with Gasteiger partial charge in [0, 0.05) is 51.1 Å². The van der Waals surface area contributed by atoms with E-state index < -0.39 is 0 Å². The number of carbonyl (C=O) groups is 1. The van der Waals surface area contributed by atoms with E-state index in [4.69, 9.17) is 0 Å². The predicted octanol–water partition coefficient (Wildman–Crippen LogP) is 2.25. The molecule has 0 radical (unpaired) electrons. The second-order valence-corrected chi connectivity index (χ2v) is 6.95. The Hall–Kier alpha value is -3.22. The molecule has 0 aliphatic carbocycles. The Balaban J connectivity index is 1.36. The van der Waals surface area contributed by atoms with Crippen LogP contribution >= 0.6 is 0 Å². The summed E-state index contributed by atoms with van der Waals surface area (Å²) >= 11 is 0. The van der Waals surface area contributed by atoms with E-state index >= 15 is 0 Å². The molecule has 1 saturated heterocycles. The summed E-state index contributed by atoms with van der Waals surface area (Å²) in [6.45, 7) is 4.88. The van der Waals surface area contributed by atoms with Crippen LogP contribution in [0.25, 0.3) is 5.82 Å². The molecule has 1 amide bonds. The Morgan fingerprint density at radius 3 is 2.50 bits per heavy atom. The zero-order valence-electron chi connectivity index (χ0n) is 16.0. The molecular weight excluding hydrogens is 352 g/mol. The zero-order chi connectivity index (χ0) is 19.3. The van der Waals surface area contributed by atoms with Gasteiger partial charge in [0.2, 0.25) is 5.91 Å². The molecule has 1 aliphatic heterocycles. The van der Waals surface area contributed by atoms with Crippen LogP contribution in [0.2, 0.25) is 0 Å². The van der Waals surface area contributed by atoms with Crippen molar-refractivity contribution in [2.45, 2.75) is 19.8 Å². The molecule has 4 rings (SSSR count). The van der Waals surface area contributed by atoms with E-state index in [1.807, 2.05) is 46.9 Å². The number of imidazole rings is 1. The number of rotatable bonds is 5. The Bertz CT molecular complexity index is 917. The number of aromatic nitrogens is 4. The Morgan fingerprint density at radius 1 is 1.04 bits per heavy atom. The molecule has 3 aromatic rings. The largest absolute Gasteiger partial charge is 0.353 e. The van der Waals surface area contributed by atoms with E-state index in [2.05, 4.69) is 32.0 Å². The fourth-order valence-electron chi connectivity index (χ4n) is 3.46. The van der Waals surface area contributed by atoms with Gasteiger partial charge in [-0.25, -0.2) is 15.0 Å². The molecule has 0 atom stereocenters. The molecule has 144 valence electrons. The van der Waals surface area contributed by atoms with Gasteiger partial charge in [-0.2, -0.15) is 0 Å². The minimum absolute atomic E-state index is 0.224. The summed E-state index contributed by atoms with van der Waals surface area (Å²) in [5.74, 6) is 2.65. The molecule has 1 fully saturated rings. The third kappa shape index (κ3) is 4.19. The first-order valence-corrected chi connectivity index (χ1v) is 9.60. The molecule has 2 aromatic heterocycles. The van der Waals surface area contributed by atoms with Gasteiger partial charge in [0.05, 0.1) is 0 Å². The number of benzene rings is 1. The van der Waals surface area contributed by atoms with Crippen molar-refractivity contribution in [2.75, 3.05) is 31.1 Å². The van der Waals surface area contributed by atoms with Gasteiger partial charge in [-0.05, 0) is 18.9 Å². The van der Waals surface area contributed by atoms with E-state index in [0.29, 0.717) is 6.42 Å². The standard InChI is InChI=1S/C21H24N6O/c1-17-23-19(15-20(24-17)27-10-9-22-16-27)25-11-13-26(14-12-25)21(28)8-7-18-5-3-2-4-6-18/h2-6,9-10,15-16H,7-8,11-14H2,1H3. The first-order valence-electron chi connectivity index (χ1n) is 9.60. The van der Waals surface area contributed by atoms with Crippen LogP contribution in [0, 0.1) is 6.92 Å². The number of hydrogen-bond acceptors (Lipinski definition) is 5. The molecule has 0 bridgehead atoms. The molecule has 0 unspecified atom stereocenters. The van der Waals surface area contributed by atoms with E-state index in [1.54, 1.807) is 12.5 Å². The third-order valence-electron chi connectivity index (χ3n) is 5.01. The van der Waals surface area contributed by atoms with Gasteiger partial charge in [0.1, 0.15) is 23.8 Å². The highest BCUT2D eigenvalue weighted by atomic mass is 16.2. The monoisotopic (exact) mass is 376 g/mol. The second-order valence-electron chi connectivity index (χ2n) is 6.95. The van der Waals surface area contributed by atoms with Gasteiger partial charge in [-0.1, -0.05) is 30.3 Å². The van der Waals surface area contributed by atoms with Crippen molar-refractivity contribution in [3.63, 3.8) is 0 Å². The van der Waals surface area contributed by atoms with Gasteiger partial charge in [-0.15, -0.1) is 0 Å². The van der Waals surface area contributed by atoms with Gasteiger partial charge in [0.15, 0.2) is 0 Å². The quantitative estimate of drug-likeness (QED) is 0.683. The lowest BCUT2D eigenvalue weighted by molar-refractivity contribution is -0.131. The van der Waals surface area contributed by atoms with Gasteiger partial charge in [-0.3, -0.25) is 9.36 Å². The number of piperazine rings is 1. The molecule has 3 heterocycles. The van der Waals surface area contributed by atoms with Crippen molar-refractivity contribution in [1.82, 2.24) is 24.4 Å². The van der Waals surface area contributed by atoms with Crippen molar-refractivity contribution in [1.29, 1.82) is 0 Å². The first kappa shape index (κ1) is 18.2. The van der Waals surface area contributed by atoms with Crippen LogP contribution in [0.5, 0.6) is 0 Å². The molecule has 0 spiro atoms. The molecule has 28 heavy (non-hydrogen) atoms. The summed E-state index contributed by atoms with van der Waals surface area (Å²) in [5.41, 5.74) is 1.21. The maximum atomic E-state index is 12.5. The minimum Gasteiger partial charge on any atom is -0.353 e. The molecule has 0 N–H and O–H groups in total. The second kappa shape index (κ2) is 8.21. The molecule has 1 aromatic carbocycles. The molecule has 0 saturated carbocycles. The fraction of sp³-hybridized carbons (Fsp3) is 0.333. The molecule has 7 nitrogen and oxygen atoms in total. The predicted molar refractivity (Wildman–Crippen MR) is 107 cm³/mol. The Labute approximate surface area is 164 Å². The minimum atomic E-state index is 0.224. The van der Waals surface area contributed by atoms with Crippen molar-refractivity contribution >= 4 is 11.7 Å². The fourth-order valence-corrected chi connectivity index (χ4v) is 3.46. The summed E-state index contributed by atoms with van der Waals surface area (Å²) < 4.78 is 1.88. The van der Waals surface area contributed by atoms with Crippen molar-refractivity contribution in [2.24, 2.45) is 0 Å². The average molecular weight is 376 g/mol. The Kier molecular flexibility index (Phi) is 5.32. The van der Waals surface area contributed by atoms with E-state index in [9.17, 15) is 4.79 Å². The first-order chi connectivity index (χ1) is 13.7. The summed E-state index contributed by atoms with van der Waals surface area (Å²) in [5, 5.41) is 0. The highest BCUT2D eigenvalue weighted by Gasteiger charge is 2.22. The topological polar surface area (TPSA) is 67.2 Å². The Morgan fingerprint density at radius 2 is 1.79 bits per heavy atom. The molecule has 7 heteroatoms. The number of hydrogen-bond donors (Lipinski definition) is 0. The third-order valence-corrected chi connectivity index (χ3v) is 5.01. The van der Waals surface area contributed by atoms with Crippen molar-refractivity contribution in [3.05, 3.63) is 66.5 Å². The van der Waals surface area contributed by atoms with Crippen LogP contribution < -0.4 is 4.90 Å². The average Bonchev–Trinajstić information content (AvgIpc) is 3.27. The van der Waals surface area contributed by atoms with Gasteiger partial charge < -0.3 is 9.80 Å². The number of anilines is 1. The smallest absolute Gasteiger partial charge is 0.223 e. The molecule has 1 aliphatic rings. The van der Waals surface area contributed by atoms with E-state index in [0.717, 1.165) is 50.1 Å². The SMILES string of the molecule is Cc1nc(N2CCN(C(=O)CCc3ccccc3)CC2)cc(-n2ccnc2)n1.